The van der Waals surface area contributed by atoms with Gasteiger partial charge in [0.1, 0.15) is 0 Å². The van der Waals surface area contributed by atoms with Gasteiger partial charge in [0.25, 0.3) is 5.91 Å². The molecule has 0 fully saturated rings. The molecular weight excluding hydrogens is 229 g/mol. The molecule has 18 heavy (non-hydrogen) atoms. The van der Waals surface area contributed by atoms with Crippen LogP contribution in [-0.2, 0) is 10.5 Å². The lowest BCUT2D eigenvalue weighted by Crippen LogP contribution is -2.35. The third kappa shape index (κ3) is 1.24. The van der Waals surface area contributed by atoms with Crippen LogP contribution >= 0.6 is 0 Å². The van der Waals surface area contributed by atoms with E-state index in [1.54, 1.807) is 55.6 Å². The molecule has 1 amide bonds. The number of fused-ring (bicyclic) bond motifs is 1. The van der Waals surface area contributed by atoms with Crippen molar-refractivity contribution in [3.8, 4) is 0 Å². The van der Waals surface area contributed by atoms with E-state index >= 15 is 4.39 Å². The molecule has 3 rings (SSSR count). The lowest BCUT2D eigenvalue weighted by atomic mass is 9.89. The van der Waals surface area contributed by atoms with Gasteiger partial charge in [0.2, 0.25) is 5.67 Å². The first kappa shape index (κ1) is 11.0. The predicted molar refractivity (Wildman–Crippen MR) is 68.2 cm³/mol. The number of halogens is 1. The maximum Gasteiger partial charge on any atom is 0.273 e. The standard InChI is InChI=1S/C15H12FNO/c1-17-13-10-6-5-9-12(13)15(16,14(17)18)11-7-3-2-4-8-11/h2-10H,1H3. The number of anilines is 1. The van der Waals surface area contributed by atoms with Gasteiger partial charge in [0.15, 0.2) is 0 Å². The molecule has 90 valence electrons. The van der Waals surface area contributed by atoms with Crippen molar-refractivity contribution < 1.29 is 9.18 Å². The summed E-state index contributed by atoms with van der Waals surface area (Å²) >= 11 is 0. The largest absolute Gasteiger partial charge is 0.312 e. The van der Waals surface area contributed by atoms with Crippen LogP contribution in [0.3, 0.4) is 0 Å². The molecule has 0 bridgehead atoms. The number of amides is 1. The summed E-state index contributed by atoms with van der Waals surface area (Å²) in [6.45, 7) is 0. The van der Waals surface area contributed by atoms with Gasteiger partial charge in [0, 0.05) is 18.2 Å². The van der Waals surface area contributed by atoms with Gasteiger partial charge in [-0.3, -0.25) is 4.79 Å². The van der Waals surface area contributed by atoms with E-state index in [0.29, 0.717) is 16.8 Å². The average molecular weight is 241 g/mol. The Kier molecular flexibility index (Phi) is 2.23. The minimum atomic E-state index is -2.06. The molecular formula is C15H12FNO. The van der Waals surface area contributed by atoms with Crippen LogP contribution in [0.5, 0.6) is 0 Å². The van der Waals surface area contributed by atoms with Crippen molar-refractivity contribution in [2.24, 2.45) is 0 Å². The Bertz CT molecular complexity index is 611. The number of nitrogens with zero attached hydrogens (tertiary/aromatic N) is 1. The van der Waals surface area contributed by atoms with E-state index in [1.807, 2.05) is 6.07 Å². The molecule has 2 aromatic carbocycles. The normalized spacial score (nSPS) is 22.1. The van der Waals surface area contributed by atoms with Gasteiger partial charge in [-0.05, 0) is 6.07 Å². The fourth-order valence-corrected chi connectivity index (χ4v) is 2.46. The Morgan fingerprint density at radius 1 is 1.00 bits per heavy atom. The molecule has 3 heteroatoms. The number of hydrogen-bond acceptors (Lipinski definition) is 1. The van der Waals surface area contributed by atoms with E-state index in [1.165, 1.54) is 4.90 Å². The second-order valence-electron chi connectivity index (χ2n) is 4.41. The van der Waals surface area contributed by atoms with E-state index in [-0.39, 0.29) is 0 Å². The second kappa shape index (κ2) is 3.67. The van der Waals surface area contributed by atoms with Gasteiger partial charge in [-0.15, -0.1) is 0 Å². The fourth-order valence-electron chi connectivity index (χ4n) is 2.46. The lowest BCUT2D eigenvalue weighted by Gasteiger charge is -2.19. The molecule has 0 saturated heterocycles. The number of para-hydroxylation sites is 1. The van der Waals surface area contributed by atoms with E-state index in [4.69, 9.17) is 0 Å². The number of hydrogen-bond donors (Lipinski definition) is 0. The van der Waals surface area contributed by atoms with Gasteiger partial charge in [-0.25, -0.2) is 4.39 Å². The van der Waals surface area contributed by atoms with Crippen LogP contribution < -0.4 is 4.90 Å². The van der Waals surface area contributed by atoms with Crippen molar-refractivity contribution in [3.63, 3.8) is 0 Å². The third-order valence-electron chi connectivity index (χ3n) is 3.41. The third-order valence-corrected chi connectivity index (χ3v) is 3.41. The Morgan fingerprint density at radius 3 is 2.33 bits per heavy atom. The highest BCUT2D eigenvalue weighted by Crippen LogP contribution is 2.46. The molecule has 0 spiro atoms. The Morgan fingerprint density at radius 2 is 1.61 bits per heavy atom. The molecule has 1 unspecified atom stereocenters. The van der Waals surface area contributed by atoms with Crippen molar-refractivity contribution in [1.29, 1.82) is 0 Å². The zero-order valence-electron chi connectivity index (χ0n) is 9.93. The van der Waals surface area contributed by atoms with Crippen LogP contribution in [0, 0.1) is 0 Å². The van der Waals surface area contributed by atoms with Gasteiger partial charge in [-0.2, -0.15) is 0 Å². The summed E-state index contributed by atoms with van der Waals surface area (Å²) in [6, 6.07) is 15.6. The minimum absolute atomic E-state index is 0.381. The maximum absolute atomic E-state index is 15.3. The topological polar surface area (TPSA) is 20.3 Å². The molecule has 0 radical (unpaired) electrons. The summed E-state index contributed by atoms with van der Waals surface area (Å²) in [4.78, 5) is 13.6. The summed E-state index contributed by atoms with van der Waals surface area (Å²) < 4.78 is 15.3. The minimum Gasteiger partial charge on any atom is -0.312 e. The summed E-state index contributed by atoms with van der Waals surface area (Å²) in [5.41, 5.74) is -0.628. The van der Waals surface area contributed by atoms with Gasteiger partial charge in [0.05, 0.1) is 5.69 Å². The molecule has 2 aromatic rings. The number of carbonyl (C=O) groups excluding carboxylic acids is 1. The molecule has 1 aliphatic heterocycles. The summed E-state index contributed by atoms with van der Waals surface area (Å²) in [5, 5.41) is 0. The zero-order valence-corrected chi connectivity index (χ0v) is 9.93. The highest BCUT2D eigenvalue weighted by molar-refractivity contribution is 6.08. The first-order valence-electron chi connectivity index (χ1n) is 5.78. The molecule has 1 heterocycles. The predicted octanol–water partition coefficient (Wildman–Crippen LogP) is 2.88. The van der Waals surface area contributed by atoms with Crippen molar-refractivity contribution in [1.82, 2.24) is 0 Å². The number of rotatable bonds is 1. The summed E-state index contributed by atoms with van der Waals surface area (Å²) in [7, 11) is 1.60. The van der Waals surface area contributed by atoms with Crippen LogP contribution in [0.15, 0.2) is 54.6 Å². The van der Waals surface area contributed by atoms with Gasteiger partial charge < -0.3 is 4.90 Å². The van der Waals surface area contributed by atoms with Crippen molar-refractivity contribution >= 4 is 11.6 Å². The Labute approximate surface area is 105 Å². The Balaban J connectivity index is 2.27. The highest BCUT2D eigenvalue weighted by Gasteiger charge is 2.51. The first-order valence-corrected chi connectivity index (χ1v) is 5.78. The van der Waals surface area contributed by atoms with Gasteiger partial charge in [-0.1, -0.05) is 48.5 Å². The molecule has 0 aliphatic carbocycles. The number of alkyl halides is 1. The monoisotopic (exact) mass is 241 g/mol. The van der Waals surface area contributed by atoms with E-state index in [0.717, 1.165) is 0 Å². The molecule has 0 saturated carbocycles. The van der Waals surface area contributed by atoms with Crippen molar-refractivity contribution in [2.75, 3.05) is 11.9 Å². The lowest BCUT2D eigenvalue weighted by molar-refractivity contribution is -0.126. The van der Waals surface area contributed by atoms with Crippen molar-refractivity contribution in [2.45, 2.75) is 5.67 Å². The summed E-state index contributed by atoms with van der Waals surface area (Å²) in [6.07, 6.45) is 0. The van der Waals surface area contributed by atoms with Crippen LogP contribution in [0.1, 0.15) is 11.1 Å². The highest BCUT2D eigenvalue weighted by atomic mass is 19.1. The number of likely N-dealkylation sites (N-methyl/N-ethyl adjacent to an activating group) is 1. The zero-order chi connectivity index (χ0) is 12.8. The summed E-state index contributed by atoms with van der Waals surface area (Å²) in [5.74, 6) is -0.532. The van der Waals surface area contributed by atoms with Crippen LogP contribution in [0.4, 0.5) is 10.1 Å². The first-order chi connectivity index (χ1) is 8.65. The molecule has 1 aliphatic rings. The molecule has 2 nitrogen and oxygen atoms in total. The van der Waals surface area contributed by atoms with E-state index in [9.17, 15) is 4.79 Å². The van der Waals surface area contributed by atoms with Crippen LogP contribution in [-0.4, -0.2) is 13.0 Å². The van der Waals surface area contributed by atoms with E-state index < -0.39 is 11.6 Å². The van der Waals surface area contributed by atoms with Crippen LogP contribution in [0.25, 0.3) is 0 Å². The molecule has 1 atom stereocenters. The van der Waals surface area contributed by atoms with Gasteiger partial charge >= 0.3 is 0 Å². The average Bonchev–Trinajstić information content (AvgIpc) is 2.64. The molecule has 0 aromatic heterocycles. The fraction of sp³-hybridized carbons (Fsp3) is 0.133. The maximum atomic E-state index is 15.3. The molecule has 0 N–H and O–H groups in total. The number of benzene rings is 2. The van der Waals surface area contributed by atoms with Crippen LogP contribution in [0.2, 0.25) is 0 Å². The van der Waals surface area contributed by atoms with E-state index in [2.05, 4.69) is 0 Å². The van der Waals surface area contributed by atoms with Crippen molar-refractivity contribution in [3.05, 3.63) is 65.7 Å². The smallest absolute Gasteiger partial charge is 0.273 e. The number of carbonyl (C=O) groups is 1. The quantitative estimate of drug-likeness (QED) is 0.751. The Hall–Kier alpha value is -2.16. The second-order valence-corrected chi connectivity index (χ2v) is 4.41. The SMILES string of the molecule is CN1C(=O)C(F)(c2ccccc2)c2ccccc21.